The van der Waals surface area contributed by atoms with E-state index in [-0.39, 0.29) is 0 Å². The molecule has 0 bridgehead atoms. The molecule has 2 nitrogen and oxygen atoms in total. The largest absolute Gasteiger partial charge is 0.330 e. The van der Waals surface area contributed by atoms with E-state index in [1.165, 1.54) is 32.1 Å². The summed E-state index contributed by atoms with van der Waals surface area (Å²) >= 11 is 0. The zero-order chi connectivity index (χ0) is 9.07. The first-order chi connectivity index (χ1) is 5.91. The Morgan fingerprint density at radius 2 is 1.33 bits per heavy atom. The monoisotopic (exact) mass is 168 g/mol. The van der Waals surface area contributed by atoms with Crippen LogP contribution in [-0.4, -0.2) is 6.54 Å². The molecular formula is C10H20N2. The second-order valence-corrected chi connectivity index (χ2v) is 3.17. The third kappa shape index (κ3) is 9.45. The van der Waals surface area contributed by atoms with Crippen LogP contribution in [0.3, 0.4) is 0 Å². The maximum absolute atomic E-state index is 8.28. The number of nitrogens with zero attached hydrogens (tertiary/aromatic N) is 1. The van der Waals surface area contributed by atoms with Crippen molar-refractivity contribution < 1.29 is 0 Å². The van der Waals surface area contributed by atoms with Gasteiger partial charge in [-0.25, -0.2) is 0 Å². The summed E-state index contributed by atoms with van der Waals surface area (Å²) in [7, 11) is 0. The molecule has 0 unspecified atom stereocenters. The molecular weight excluding hydrogens is 148 g/mol. The van der Waals surface area contributed by atoms with Crippen LogP contribution in [0.15, 0.2) is 0 Å². The highest BCUT2D eigenvalue weighted by Crippen LogP contribution is 2.07. The number of nitriles is 1. The minimum Gasteiger partial charge on any atom is -0.330 e. The van der Waals surface area contributed by atoms with Crippen LogP contribution < -0.4 is 5.73 Å². The fourth-order valence-corrected chi connectivity index (χ4v) is 1.23. The molecule has 0 saturated heterocycles. The van der Waals surface area contributed by atoms with E-state index in [1.54, 1.807) is 0 Å². The molecule has 0 spiro atoms. The van der Waals surface area contributed by atoms with E-state index in [1.807, 2.05) is 0 Å². The van der Waals surface area contributed by atoms with Gasteiger partial charge in [0.15, 0.2) is 0 Å². The van der Waals surface area contributed by atoms with Crippen LogP contribution in [0, 0.1) is 11.3 Å². The van der Waals surface area contributed by atoms with Gasteiger partial charge in [0, 0.05) is 6.42 Å². The summed E-state index contributed by atoms with van der Waals surface area (Å²) in [5.41, 5.74) is 5.37. The maximum Gasteiger partial charge on any atom is 0.0621 e. The van der Waals surface area contributed by atoms with Gasteiger partial charge in [0.25, 0.3) is 0 Å². The van der Waals surface area contributed by atoms with Crippen molar-refractivity contribution >= 4 is 0 Å². The molecule has 0 radical (unpaired) electrons. The van der Waals surface area contributed by atoms with Gasteiger partial charge in [0.05, 0.1) is 6.07 Å². The normalized spacial score (nSPS) is 9.67. The highest BCUT2D eigenvalue weighted by Gasteiger charge is 1.90. The van der Waals surface area contributed by atoms with Crippen molar-refractivity contribution in [3.63, 3.8) is 0 Å². The van der Waals surface area contributed by atoms with Gasteiger partial charge in [-0.1, -0.05) is 32.1 Å². The summed E-state index contributed by atoms with van der Waals surface area (Å²) < 4.78 is 0. The molecule has 0 aliphatic rings. The van der Waals surface area contributed by atoms with E-state index >= 15 is 0 Å². The molecule has 0 atom stereocenters. The average molecular weight is 168 g/mol. The van der Waals surface area contributed by atoms with Crippen molar-refractivity contribution in [2.24, 2.45) is 5.73 Å². The number of rotatable bonds is 8. The number of unbranched alkanes of at least 4 members (excludes halogenated alkanes) is 7. The predicted molar refractivity (Wildman–Crippen MR) is 51.6 cm³/mol. The van der Waals surface area contributed by atoms with Gasteiger partial charge in [-0.05, 0) is 19.4 Å². The average Bonchev–Trinajstić information content (AvgIpc) is 2.10. The predicted octanol–water partition coefficient (Wildman–Crippen LogP) is 2.59. The van der Waals surface area contributed by atoms with Gasteiger partial charge in [-0.3, -0.25) is 0 Å². The van der Waals surface area contributed by atoms with E-state index in [9.17, 15) is 0 Å². The molecule has 2 heteroatoms. The van der Waals surface area contributed by atoms with Crippen molar-refractivity contribution in [1.29, 1.82) is 5.26 Å². The fraction of sp³-hybridized carbons (Fsp3) is 0.900. The smallest absolute Gasteiger partial charge is 0.0621 e. The minimum atomic E-state index is 0.725. The Morgan fingerprint density at radius 1 is 0.833 bits per heavy atom. The highest BCUT2D eigenvalue weighted by atomic mass is 14.5. The van der Waals surface area contributed by atoms with Crippen LogP contribution in [-0.2, 0) is 0 Å². The first-order valence-corrected chi connectivity index (χ1v) is 4.99. The first-order valence-electron chi connectivity index (χ1n) is 4.99. The van der Waals surface area contributed by atoms with Crippen molar-refractivity contribution in [3.8, 4) is 6.07 Å². The van der Waals surface area contributed by atoms with Crippen LogP contribution >= 0.6 is 0 Å². The first kappa shape index (κ1) is 11.4. The Balaban J connectivity index is 2.78. The van der Waals surface area contributed by atoms with Crippen LogP contribution in [0.1, 0.15) is 51.4 Å². The molecule has 0 aromatic rings. The zero-order valence-electron chi connectivity index (χ0n) is 7.89. The minimum absolute atomic E-state index is 0.725. The molecule has 2 N–H and O–H groups in total. The summed E-state index contributed by atoms with van der Waals surface area (Å²) in [5.74, 6) is 0. The van der Waals surface area contributed by atoms with E-state index in [0.29, 0.717) is 0 Å². The quantitative estimate of drug-likeness (QED) is 0.566. The Kier molecular flexibility index (Phi) is 9.97. The van der Waals surface area contributed by atoms with Crippen molar-refractivity contribution in [2.45, 2.75) is 51.4 Å². The third-order valence-electron chi connectivity index (χ3n) is 1.99. The van der Waals surface area contributed by atoms with Crippen molar-refractivity contribution in [3.05, 3.63) is 0 Å². The lowest BCUT2D eigenvalue weighted by atomic mass is 10.1. The van der Waals surface area contributed by atoms with E-state index in [0.717, 1.165) is 25.8 Å². The van der Waals surface area contributed by atoms with Crippen LogP contribution in [0.4, 0.5) is 0 Å². The molecule has 0 aromatic carbocycles. The van der Waals surface area contributed by atoms with E-state index in [4.69, 9.17) is 11.0 Å². The molecule has 0 aliphatic carbocycles. The second kappa shape index (κ2) is 10.4. The lowest BCUT2D eigenvalue weighted by Crippen LogP contribution is -1.97. The molecule has 12 heavy (non-hydrogen) atoms. The Morgan fingerprint density at radius 3 is 1.83 bits per heavy atom. The lowest BCUT2D eigenvalue weighted by Gasteiger charge is -1.98. The number of hydrogen-bond acceptors (Lipinski definition) is 2. The van der Waals surface area contributed by atoms with Crippen LogP contribution in [0.2, 0.25) is 0 Å². The standard InChI is InChI=1S/C10H20N2/c11-9-7-5-3-1-2-4-6-8-10-12/h1-9,11H2. The topological polar surface area (TPSA) is 49.8 Å². The zero-order valence-corrected chi connectivity index (χ0v) is 7.89. The van der Waals surface area contributed by atoms with Crippen molar-refractivity contribution in [1.82, 2.24) is 0 Å². The number of nitrogens with two attached hydrogens (primary N) is 1. The molecule has 0 aliphatic heterocycles. The molecule has 70 valence electrons. The second-order valence-electron chi connectivity index (χ2n) is 3.17. The van der Waals surface area contributed by atoms with Gasteiger partial charge in [-0.2, -0.15) is 5.26 Å². The van der Waals surface area contributed by atoms with Gasteiger partial charge in [0.2, 0.25) is 0 Å². The molecule has 0 fully saturated rings. The SMILES string of the molecule is N#CCCCCCCCCCN. The molecule has 0 heterocycles. The van der Waals surface area contributed by atoms with E-state index in [2.05, 4.69) is 6.07 Å². The molecule has 0 aromatic heterocycles. The summed E-state index contributed by atoms with van der Waals surface area (Å²) in [6, 6.07) is 2.16. The third-order valence-corrected chi connectivity index (χ3v) is 1.99. The molecule has 0 saturated carbocycles. The summed E-state index contributed by atoms with van der Waals surface area (Å²) in [6.07, 6.45) is 9.36. The van der Waals surface area contributed by atoms with Gasteiger partial charge < -0.3 is 5.73 Å². The maximum atomic E-state index is 8.28. The Hall–Kier alpha value is -0.550. The lowest BCUT2D eigenvalue weighted by molar-refractivity contribution is 0.585. The van der Waals surface area contributed by atoms with Crippen LogP contribution in [0.5, 0.6) is 0 Å². The van der Waals surface area contributed by atoms with E-state index < -0.39 is 0 Å². The highest BCUT2D eigenvalue weighted by molar-refractivity contribution is 4.67. The van der Waals surface area contributed by atoms with Crippen molar-refractivity contribution in [2.75, 3.05) is 6.54 Å². The molecule has 0 amide bonds. The molecule has 0 rings (SSSR count). The summed E-state index contributed by atoms with van der Waals surface area (Å²) in [5, 5.41) is 8.28. The number of hydrogen-bond donors (Lipinski definition) is 1. The van der Waals surface area contributed by atoms with Gasteiger partial charge >= 0.3 is 0 Å². The van der Waals surface area contributed by atoms with Gasteiger partial charge in [-0.15, -0.1) is 0 Å². The van der Waals surface area contributed by atoms with Crippen LogP contribution in [0.25, 0.3) is 0 Å². The Labute approximate surface area is 75.8 Å². The van der Waals surface area contributed by atoms with Gasteiger partial charge in [0.1, 0.15) is 0 Å². The summed E-state index contributed by atoms with van der Waals surface area (Å²) in [6.45, 7) is 0.828. The fourth-order valence-electron chi connectivity index (χ4n) is 1.23. The summed E-state index contributed by atoms with van der Waals surface area (Å²) in [4.78, 5) is 0. The Bertz CT molecular complexity index is 115.